The lowest BCUT2D eigenvalue weighted by Gasteiger charge is -2.38. The average Bonchev–Trinajstić information content (AvgIpc) is 3.00. The second kappa shape index (κ2) is 4.74. The molecule has 0 aromatic rings. The molecule has 0 radical (unpaired) electrons. The summed E-state index contributed by atoms with van der Waals surface area (Å²) in [7, 11) is 0. The topological polar surface area (TPSA) is 32.3 Å². The number of allylic oxidation sites excluding steroid dienone is 2. The van der Waals surface area contributed by atoms with Gasteiger partial charge in [0.05, 0.1) is 6.61 Å². The second-order valence-electron chi connectivity index (χ2n) is 6.42. The maximum absolute atomic E-state index is 9.67. The van der Waals surface area contributed by atoms with Crippen LogP contribution in [0.4, 0.5) is 0 Å². The van der Waals surface area contributed by atoms with Crippen LogP contribution in [0.1, 0.15) is 44.9 Å². The van der Waals surface area contributed by atoms with Crippen molar-refractivity contribution >= 4 is 0 Å². The van der Waals surface area contributed by atoms with Gasteiger partial charge in [-0.25, -0.2) is 0 Å². The summed E-state index contributed by atoms with van der Waals surface area (Å²) in [5.74, 6) is 2.52. The highest BCUT2D eigenvalue weighted by Crippen LogP contribution is 2.43. The van der Waals surface area contributed by atoms with Gasteiger partial charge in [0, 0.05) is 5.54 Å². The second-order valence-corrected chi connectivity index (χ2v) is 6.42. The third kappa shape index (κ3) is 2.30. The van der Waals surface area contributed by atoms with Crippen LogP contribution in [0.25, 0.3) is 0 Å². The summed E-state index contributed by atoms with van der Waals surface area (Å²) in [5.41, 5.74) is 0.0593. The third-order valence-electron chi connectivity index (χ3n) is 5.27. The number of aliphatic hydroxyl groups excluding tert-OH is 1. The van der Waals surface area contributed by atoms with Gasteiger partial charge in [0.2, 0.25) is 0 Å². The smallest absolute Gasteiger partial charge is 0.0613 e. The van der Waals surface area contributed by atoms with Crippen molar-refractivity contribution in [2.24, 2.45) is 17.8 Å². The zero-order valence-corrected chi connectivity index (χ0v) is 10.7. The van der Waals surface area contributed by atoms with Gasteiger partial charge in [0.1, 0.15) is 0 Å². The Kier molecular flexibility index (Phi) is 3.27. The molecule has 17 heavy (non-hydrogen) atoms. The summed E-state index contributed by atoms with van der Waals surface area (Å²) in [4.78, 5) is 0. The van der Waals surface area contributed by atoms with Crippen molar-refractivity contribution in [3.63, 3.8) is 0 Å². The van der Waals surface area contributed by atoms with E-state index >= 15 is 0 Å². The zero-order valence-electron chi connectivity index (χ0n) is 10.7. The first-order chi connectivity index (χ1) is 8.31. The molecule has 0 spiro atoms. The van der Waals surface area contributed by atoms with Crippen LogP contribution >= 0.6 is 0 Å². The number of nitrogens with one attached hydrogen (secondary N) is 1. The predicted molar refractivity (Wildman–Crippen MR) is 69.7 cm³/mol. The van der Waals surface area contributed by atoms with Crippen LogP contribution in [0.3, 0.4) is 0 Å². The van der Waals surface area contributed by atoms with E-state index in [4.69, 9.17) is 0 Å². The van der Waals surface area contributed by atoms with Crippen LogP contribution in [0.2, 0.25) is 0 Å². The monoisotopic (exact) mass is 235 g/mol. The molecule has 3 aliphatic carbocycles. The summed E-state index contributed by atoms with van der Waals surface area (Å²) < 4.78 is 0. The van der Waals surface area contributed by atoms with Gasteiger partial charge in [-0.05, 0) is 50.0 Å². The maximum atomic E-state index is 9.67. The summed E-state index contributed by atoms with van der Waals surface area (Å²) in [6, 6.07) is 0. The molecule has 2 heteroatoms. The van der Waals surface area contributed by atoms with E-state index in [9.17, 15) is 5.11 Å². The Labute approximate surface area is 104 Å². The van der Waals surface area contributed by atoms with Gasteiger partial charge < -0.3 is 10.4 Å². The van der Waals surface area contributed by atoms with Crippen LogP contribution in [-0.4, -0.2) is 23.8 Å². The fourth-order valence-corrected chi connectivity index (χ4v) is 4.10. The van der Waals surface area contributed by atoms with Gasteiger partial charge in [-0.3, -0.25) is 0 Å². The van der Waals surface area contributed by atoms with E-state index in [-0.39, 0.29) is 5.54 Å². The molecule has 3 unspecified atom stereocenters. The highest BCUT2D eigenvalue weighted by Gasteiger charge is 2.37. The minimum atomic E-state index is 0.0593. The molecule has 96 valence electrons. The van der Waals surface area contributed by atoms with E-state index < -0.39 is 0 Å². The largest absolute Gasteiger partial charge is 0.394 e. The van der Waals surface area contributed by atoms with Crippen molar-refractivity contribution in [1.82, 2.24) is 5.32 Å². The lowest BCUT2D eigenvalue weighted by Crippen LogP contribution is -2.51. The predicted octanol–water partition coefficient (Wildman–Crippen LogP) is 2.48. The third-order valence-corrected chi connectivity index (χ3v) is 5.27. The first kappa shape index (κ1) is 11.7. The Morgan fingerprint density at radius 3 is 2.53 bits per heavy atom. The maximum Gasteiger partial charge on any atom is 0.0613 e. The quantitative estimate of drug-likeness (QED) is 0.734. The summed E-state index contributed by atoms with van der Waals surface area (Å²) in [5, 5.41) is 13.4. The van der Waals surface area contributed by atoms with E-state index in [0.29, 0.717) is 6.61 Å². The molecule has 2 saturated carbocycles. The molecule has 0 amide bonds. The van der Waals surface area contributed by atoms with Gasteiger partial charge in [0.25, 0.3) is 0 Å². The minimum Gasteiger partial charge on any atom is -0.394 e. The lowest BCUT2D eigenvalue weighted by molar-refractivity contribution is 0.114. The van der Waals surface area contributed by atoms with Crippen LogP contribution in [0, 0.1) is 17.8 Å². The van der Waals surface area contributed by atoms with E-state index in [0.717, 1.165) is 24.3 Å². The van der Waals surface area contributed by atoms with Gasteiger partial charge in [-0.2, -0.15) is 0 Å². The number of fused-ring (bicyclic) bond motifs is 2. The Hall–Kier alpha value is -0.340. The van der Waals surface area contributed by atoms with Crippen LogP contribution < -0.4 is 5.32 Å². The molecule has 2 bridgehead atoms. The van der Waals surface area contributed by atoms with Crippen molar-refractivity contribution in [2.75, 3.05) is 13.2 Å². The van der Waals surface area contributed by atoms with Crippen molar-refractivity contribution in [1.29, 1.82) is 0 Å². The molecule has 2 nitrogen and oxygen atoms in total. The van der Waals surface area contributed by atoms with E-state index in [1.54, 1.807) is 0 Å². The molecule has 3 rings (SSSR count). The SMILES string of the molecule is OCC1(NCC2CC3C=CC2C3)CCCCC1. The molecule has 2 N–H and O–H groups in total. The molecule has 2 fully saturated rings. The zero-order chi connectivity index (χ0) is 11.7. The number of rotatable bonds is 4. The van der Waals surface area contributed by atoms with Crippen molar-refractivity contribution in [3.05, 3.63) is 12.2 Å². The highest BCUT2D eigenvalue weighted by atomic mass is 16.3. The first-order valence-corrected chi connectivity index (χ1v) is 7.36. The first-order valence-electron chi connectivity index (χ1n) is 7.36. The van der Waals surface area contributed by atoms with Crippen LogP contribution in [0.15, 0.2) is 12.2 Å². The summed E-state index contributed by atoms with van der Waals surface area (Å²) >= 11 is 0. The molecule has 0 aromatic heterocycles. The minimum absolute atomic E-state index is 0.0593. The van der Waals surface area contributed by atoms with E-state index in [1.807, 2.05) is 0 Å². The molecular weight excluding hydrogens is 210 g/mol. The average molecular weight is 235 g/mol. The fraction of sp³-hybridized carbons (Fsp3) is 0.867. The lowest BCUT2D eigenvalue weighted by atomic mass is 9.81. The molecule has 0 heterocycles. The molecular formula is C15H25NO. The molecule has 0 saturated heterocycles. The van der Waals surface area contributed by atoms with Crippen molar-refractivity contribution in [3.8, 4) is 0 Å². The van der Waals surface area contributed by atoms with Crippen LogP contribution in [-0.2, 0) is 0 Å². The van der Waals surface area contributed by atoms with Gasteiger partial charge in [0.15, 0.2) is 0 Å². The van der Waals surface area contributed by atoms with Gasteiger partial charge >= 0.3 is 0 Å². The van der Waals surface area contributed by atoms with E-state index in [2.05, 4.69) is 17.5 Å². The van der Waals surface area contributed by atoms with Crippen molar-refractivity contribution < 1.29 is 5.11 Å². The normalized spacial score (nSPS) is 38.8. The summed E-state index contributed by atoms with van der Waals surface area (Å²) in [6.07, 6.45) is 13.8. The van der Waals surface area contributed by atoms with Crippen LogP contribution in [0.5, 0.6) is 0 Å². The van der Waals surface area contributed by atoms with Gasteiger partial charge in [-0.15, -0.1) is 0 Å². The van der Waals surface area contributed by atoms with Crippen molar-refractivity contribution in [2.45, 2.75) is 50.5 Å². The van der Waals surface area contributed by atoms with E-state index in [1.165, 1.54) is 44.9 Å². The number of hydrogen-bond donors (Lipinski definition) is 2. The highest BCUT2D eigenvalue weighted by molar-refractivity contribution is 5.10. The Morgan fingerprint density at radius 2 is 1.94 bits per heavy atom. The molecule has 0 aromatic carbocycles. The Bertz CT molecular complexity index is 293. The van der Waals surface area contributed by atoms with Gasteiger partial charge in [-0.1, -0.05) is 31.4 Å². The Balaban J connectivity index is 1.54. The fourth-order valence-electron chi connectivity index (χ4n) is 4.10. The standard InChI is InChI=1S/C15H25NO/c17-11-15(6-2-1-3-7-15)16-10-14-9-12-4-5-13(14)8-12/h4-5,12-14,16-17H,1-3,6-11H2. The number of hydrogen-bond acceptors (Lipinski definition) is 2. The Morgan fingerprint density at radius 1 is 1.12 bits per heavy atom. The molecule has 3 aliphatic rings. The number of aliphatic hydroxyl groups is 1. The molecule has 0 aliphatic heterocycles. The molecule has 3 atom stereocenters. The summed E-state index contributed by atoms with van der Waals surface area (Å²) in [6.45, 7) is 1.44.